The summed E-state index contributed by atoms with van der Waals surface area (Å²) in [6, 6.07) is 8.86. The summed E-state index contributed by atoms with van der Waals surface area (Å²) < 4.78 is 76.1. The van der Waals surface area contributed by atoms with Crippen LogP contribution in [-0.2, 0) is 11.3 Å². The average Bonchev–Trinajstić information content (AvgIpc) is 3.65. The number of benzene rings is 2. The lowest BCUT2D eigenvalue weighted by atomic mass is 10.1. The van der Waals surface area contributed by atoms with E-state index in [9.17, 15) is 35.9 Å². The summed E-state index contributed by atoms with van der Waals surface area (Å²) in [7, 11) is 0. The maximum atomic E-state index is 13.1. The number of alkyl halides is 6. The molecule has 7 nitrogen and oxygen atoms in total. The zero-order valence-corrected chi connectivity index (χ0v) is 21.2. The van der Waals surface area contributed by atoms with Crippen LogP contribution in [0.1, 0.15) is 41.6 Å². The molecule has 1 saturated carbocycles. The van der Waals surface area contributed by atoms with E-state index in [4.69, 9.17) is 17.3 Å². The molecule has 39 heavy (non-hydrogen) atoms. The zero-order valence-electron chi connectivity index (χ0n) is 20.5. The highest BCUT2D eigenvalue weighted by Crippen LogP contribution is 2.57. The van der Waals surface area contributed by atoms with E-state index in [1.807, 2.05) is 0 Å². The fourth-order valence-electron chi connectivity index (χ4n) is 3.66. The van der Waals surface area contributed by atoms with Crippen LogP contribution in [0.15, 0.2) is 48.8 Å². The van der Waals surface area contributed by atoms with Gasteiger partial charge in [0.25, 0.3) is 5.91 Å². The van der Waals surface area contributed by atoms with Crippen molar-refractivity contribution in [2.24, 2.45) is 5.41 Å². The van der Waals surface area contributed by atoms with Crippen LogP contribution in [0, 0.1) is 5.41 Å². The van der Waals surface area contributed by atoms with Crippen molar-refractivity contribution in [1.82, 2.24) is 10.6 Å². The summed E-state index contributed by atoms with van der Waals surface area (Å²) in [5.41, 5.74) is 5.20. The normalized spacial score (nSPS) is 14.3. The lowest BCUT2D eigenvalue weighted by molar-refractivity contribution is -0.192. The highest BCUT2D eigenvalue weighted by molar-refractivity contribution is 6.33. The Morgan fingerprint density at radius 1 is 0.974 bits per heavy atom. The number of rotatable bonds is 11. The van der Waals surface area contributed by atoms with Crippen LogP contribution in [0.5, 0.6) is 0 Å². The molecule has 0 saturated heterocycles. The number of anilines is 3. The quantitative estimate of drug-likeness (QED) is 0.129. The fraction of sp³-hybridized carbons (Fsp3) is 0.360. The zero-order chi connectivity index (χ0) is 29.0. The molecule has 0 unspecified atom stereocenters. The molecule has 1 aliphatic rings. The van der Waals surface area contributed by atoms with E-state index in [2.05, 4.69) is 27.8 Å². The SMILES string of the molecule is C=C(Nc1ccc(C(=O)NCCCC(F)(F)F)cc1N)Nc1cc(CNC(=O)C2(C(F)(F)F)CC2)ccc1Cl. The molecular formula is C25H26ClF6N5O2. The van der Waals surface area contributed by atoms with Crippen molar-refractivity contribution in [3.63, 3.8) is 0 Å². The molecule has 6 N–H and O–H groups in total. The minimum atomic E-state index is -4.60. The number of nitrogens with one attached hydrogen (secondary N) is 4. The molecule has 1 fully saturated rings. The first-order chi connectivity index (χ1) is 18.1. The van der Waals surface area contributed by atoms with Gasteiger partial charge >= 0.3 is 12.4 Å². The van der Waals surface area contributed by atoms with Gasteiger partial charge in [-0.15, -0.1) is 0 Å². The molecule has 212 valence electrons. The Bertz CT molecular complexity index is 1240. The smallest absolute Gasteiger partial charge is 0.397 e. The third kappa shape index (κ3) is 7.94. The molecule has 0 atom stereocenters. The molecule has 14 heteroatoms. The number of halogens is 7. The van der Waals surface area contributed by atoms with E-state index < -0.39 is 36.0 Å². The summed E-state index contributed by atoms with van der Waals surface area (Å²) >= 11 is 6.21. The highest BCUT2D eigenvalue weighted by Gasteiger charge is 2.68. The number of carbonyl (C=O) groups excluding carboxylic acids is 2. The first kappa shape index (κ1) is 29.9. The van der Waals surface area contributed by atoms with Gasteiger partial charge in [-0.3, -0.25) is 9.59 Å². The largest absolute Gasteiger partial charge is 0.403 e. The number of amides is 2. The number of hydrogen-bond donors (Lipinski definition) is 5. The van der Waals surface area contributed by atoms with E-state index in [0.717, 1.165) is 0 Å². The number of carbonyl (C=O) groups is 2. The Morgan fingerprint density at radius 2 is 1.64 bits per heavy atom. The highest BCUT2D eigenvalue weighted by atomic mass is 35.5. The second kappa shape index (κ2) is 11.6. The van der Waals surface area contributed by atoms with Gasteiger partial charge in [-0.1, -0.05) is 24.2 Å². The van der Waals surface area contributed by atoms with Gasteiger partial charge in [-0.2, -0.15) is 26.3 Å². The van der Waals surface area contributed by atoms with E-state index >= 15 is 0 Å². The van der Waals surface area contributed by atoms with Crippen molar-refractivity contribution in [3.05, 3.63) is 64.9 Å². The van der Waals surface area contributed by atoms with Crippen LogP contribution in [0.25, 0.3) is 0 Å². The predicted molar refractivity (Wildman–Crippen MR) is 136 cm³/mol. The first-order valence-corrected chi connectivity index (χ1v) is 12.1. The number of nitrogens with two attached hydrogens (primary N) is 1. The van der Waals surface area contributed by atoms with Gasteiger partial charge < -0.3 is 27.0 Å². The van der Waals surface area contributed by atoms with Crippen molar-refractivity contribution < 1.29 is 35.9 Å². The maximum absolute atomic E-state index is 13.1. The van der Waals surface area contributed by atoms with Gasteiger partial charge in [0.15, 0.2) is 0 Å². The average molecular weight is 578 g/mol. The number of hydrogen-bond acceptors (Lipinski definition) is 5. The van der Waals surface area contributed by atoms with Crippen LogP contribution in [-0.4, -0.2) is 30.7 Å². The summed E-state index contributed by atoms with van der Waals surface area (Å²) in [6.07, 6.45) is -10.6. The first-order valence-electron chi connectivity index (χ1n) is 11.7. The third-order valence-electron chi connectivity index (χ3n) is 6.02. The standard InChI is InChI=1S/C25H26ClF6N5O2/c1-14(36-19-6-4-16(12-18(19)33)21(38)34-10-2-7-24(27,28)29)37-20-11-15(3-5-17(20)26)13-35-22(39)23(8-9-23)25(30,31)32/h3-6,11-12,36-37H,1-2,7-10,13,33H2,(H,34,38)(H,35,39). The van der Waals surface area contributed by atoms with Crippen LogP contribution in [0.4, 0.5) is 43.4 Å². The Labute approximate surface area is 225 Å². The van der Waals surface area contributed by atoms with Gasteiger partial charge in [0, 0.05) is 25.1 Å². The van der Waals surface area contributed by atoms with Crippen LogP contribution in [0.2, 0.25) is 5.02 Å². The minimum Gasteiger partial charge on any atom is -0.397 e. The van der Waals surface area contributed by atoms with Gasteiger partial charge in [0.05, 0.1) is 22.1 Å². The third-order valence-corrected chi connectivity index (χ3v) is 6.35. The van der Waals surface area contributed by atoms with Crippen molar-refractivity contribution >= 4 is 40.5 Å². The molecule has 2 aromatic carbocycles. The van der Waals surface area contributed by atoms with Crippen molar-refractivity contribution in [1.29, 1.82) is 0 Å². The van der Waals surface area contributed by atoms with Gasteiger partial charge in [0.1, 0.15) is 11.2 Å². The van der Waals surface area contributed by atoms with Gasteiger partial charge in [0.2, 0.25) is 5.91 Å². The van der Waals surface area contributed by atoms with E-state index in [-0.39, 0.29) is 54.4 Å². The molecule has 2 aromatic rings. The van der Waals surface area contributed by atoms with Gasteiger partial charge in [-0.05, 0) is 55.2 Å². The molecule has 3 rings (SSSR count). The molecule has 0 heterocycles. The lowest BCUT2D eigenvalue weighted by Crippen LogP contribution is -2.40. The van der Waals surface area contributed by atoms with Crippen molar-refractivity contribution in [3.8, 4) is 0 Å². The summed E-state index contributed by atoms with van der Waals surface area (Å²) in [4.78, 5) is 24.3. The van der Waals surface area contributed by atoms with E-state index in [1.165, 1.54) is 30.3 Å². The second-order valence-electron chi connectivity index (χ2n) is 9.08. The Balaban J connectivity index is 1.55. The molecular weight excluding hydrogens is 552 g/mol. The van der Waals surface area contributed by atoms with Gasteiger partial charge in [-0.25, -0.2) is 0 Å². The second-order valence-corrected chi connectivity index (χ2v) is 9.49. The molecule has 0 spiro atoms. The van der Waals surface area contributed by atoms with Crippen LogP contribution < -0.4 is 27.0 Å². The minimum absolute atomic E-state index is 0.144. The van der Waals surface area contributed by atoms with Crippen molar-refractivity contribution in [2.45, 2.75) is 44.6 Å². The Hall–Kier alpha value is -3.61. The topological polar surface area (TPSA) is 108 Å². The monoisotopic (exact) mass is 577 g/mol. The lowest BCUT2D eigenvalue weighted by Gasteiger charge is -2.19. The molecule has 0 aliphatic heterocycles. The predicted octanol–water partition coefficient (Wildman–Crippen LogP) is 5.95. The van der Waals surface area contributed by atoms with Crippen LogP contribution in [0.3, 0.4) is 0 Å². The van der Waals surface area contributed by atoms with E-state index in [1.54, 1.807) is 6.07 Å². The maximum Gasteiger partial charge on any atom is 0.403 e. The molecule has 0 aromatic heterocycles. The molecule has 0 radical (unpaired) electrons. The summed E-state index contributed by atoms with van der Waals surface area (Å²) in [6.45, 7) is 3.53. The van der Waals surface area contributed by atoms with Crippen LogP contribution >= 0.6 is 11.6 Å². The summed E-state index contributed by atoms with van der Waals surface area (Å²) in [5, 5.41) is 10.8. The molecule has 0 bridgehead atoms. The van der Waals surface area contributed by atoms with Crippen molar-refractivity contribution in [2.75, 3.05) is 22.9 Å². The van der Waals surface area contributed by atoms with E-state index in [0.29, 0.717) is 16.9 Å². The molecule has 1 aliphatic carbocycles. The molecule has 2 amide bonds. The fourth-order valence-corrected chi connectivity index (χ4v) is 3.83. The Morgan fingerprint density at radius 3 is 2.23 bits per heavy atom. The summed E-state index contributed by atoms with van der Waals surface area (Å²) in [5.74, 6) is -1.44. The Kier molecular flexibility index (Phi) is 8.94. The number of nitrogen functional groups attached to an aromatic ring is 1.